The fourth-order valence-corrected chi connectivity index (χ4v) is 9.18. The van der Waals surface area contributed by atoms with Crippen molar-refractivity contribution in [3.8, 4) is 44.1 Å². The highest BCUT2D eigenvalue weighted by atomic mass is 32.1. The molecule has 0 spiro atoms. The molecule has 0 bridgehead atoms. The fourth-order valence-electron chi connectivity index (χ4n) is 7.36. The summed E-state index contributed by atoms with van der Waals surface area (Å²) in [6.07, 6.45) is 10.5. The van der Waals surface area contributed by atoms with E-state index in [0.29, 0.717) is 33.3 Å². The molecule has 0 unspecified atom stereocenters. The summed E-state index contributed by atoms with van der Waals surface area (Å²) < 4.78 is 9.47. The molecule has 11 heteroatoms. The van der Waals surface area contributed by atoms with E-state index in [1.54, 1.807) is 35.6 Å². The van der Waals surface area contributed by atoms with E-state index >= 15 is 0 Å². The first-order valence-corrected chi connectivity index (χ1v) is 21.6. The van der Waals surface area contributed by atoms with E-state index in [-0.39, 0.29) is 0 Å². The van der Waals surface area contributed by atoms with Gasteiger partial charge in [0.1, 0.15) is 34.3 Å². The number of benzene rings is 5. The molecule has 7 aromatic rings. The van der Waals surface area contributed by atoms with Gasteiger partial charge in [-0.25, -0.2) is 9.59 Å². The highest BCUT2D eigenvalue weighted by molar-refractivity contribution is 7.19. The Morgan fingerprint density at radius 1 is 0.639 bits per heavy atom. The molecule has 0 saturated carbocycles. The van der Waals surface area contributed by atoms with E-state index in [1.807, 2.05) is 48.5 Å². The Labute approximate surface area is 362 Å². The van der Waals surface area contributed by atoms with Crippen molar-refractivity contribution in [1.82, 2.24) is 8.75 Å². The number of carboxylic acids is 2. The van der Waals surface area contributed by atoms with Crippen molar-refractivity contribution in [2.45, 2.75) is 51.9 Å². The molecular weight excluding hydrogens is 799 g/mol. The highest BCUT2D eigenvalue weighted by Crippen LogP contribution is 2.44. The van der Waals surface area contributed by atoms with Crippen LogP contribution in [0.2, 0.25) is 0 Å². The monoisotopic (exact) mass is 839 g/mol. The van der Waals surface area contributed by atoms with Crippen LogP contribution < -0.4 is 4.90 Å². The number of aliphatic carboxylic acids is 2. The number of rotatable bonds is 17. The Morgan fingerprint density at radius 2 is 1.16 bits per heavy atom. The summed E-state index contributed by atoms with van der Waals surface area (Å²) in [5, 5.41) is 38.1. The van der Waals surface area contributed by atoms with Crippen LogP contribution in [0.5, 0.6) is 0 Å². The predicted molar refractivity (Wildman–Crippen MR) is 246 cm³/mol. The maximum atomic E-state index is 11.7. The Bertz CT molecular complexity index is 2730. The number of fused-ring (bicyclic) bond motifs is 1. The van der Waals surface area contributed by atoms with Gasteiger partial charge in [-0.15, -0.1) is 11.3 Å². The molecule has 0 amide bonds. The molecule has 7 rings (SSSR count). The second-order valence-corrected chi connectivity index (χ2v) is 16.1. The van der Waals surface area contributed by atoms with Crippen molar-refractivity contribution in [1.29, 1.82) is 10.5 Å². The summed E-state index contributed by atoms with van der Waals surface area (Å²) >= 11 is 2.81. The summed E-state index contributed by atoms with van der Waals surface area (Å²) in [5.74, 6) is -2.79. The number of hydrogen-bond donors (Lipinski definition) is 2. The van der Waals surface area contributed by atoms with Gasteiger partial charge in [0.2, 0.25) is 0 Å². The molecule has 2 aromatic heterocycles. The first kappa shape index (κ1) is 42.0. The van der Waals surface area contributed by atoms with Crippen LogP contribution in [0.25, 0.3) is 55.2 Å². The molecule has 0 atom stereocenters. The van der Waals surface area contributed by atoms with Gasteiger partial charge in [-0.1, -0.05) is 99.7 Å². The molecule has 9 nitrogen and oxygen atoms in total. The Kier molecular flexibility index (Phi) is 13.6. The van der Waals surface area contributed by atoms with Crippen LogP contribution in [-0.4, -0.2) is 30.9 Å². The lowest BCUT2D eigenvalue weighted by Crippen LogP contribution is -2.09. The van der Waals surface area contributed by atoms with E-state index in [0.717, 1.165) is 64.1 Å². The molecule has 302 valence electrons. The third-order valence-electron chi connectivity index (χ3n) is 10.3. The zero-order chi connectivity index (χ0) is 42.7. The van der Waals surface area contributed by atoms with E-state index in [9.17, 15) is 30.3 Å². The third kappa shape index (κ3) is 9.83. The quantitative estimate of drug-likeness (QED) is 0.0518. The highest BCUT2D eigenvalue weighted by Gasteiger charge is 2.20. The van der Waals surface area contributed by atoms with Crippen LogP contribution in [0.1, 0.15) is 62.1 Å². The number of hydrogen-bond acceptors (Lipinski definition) is 9. The average molecular weight is 840 g/mol. The molecule has 2 heterocycles. The van der Waals surface area contributed by atoms with E-state index in [1.165, 1.54) is 54.3 Å². The zero-order valence-corrected chi connectivity index (χ0v) is 35.0. The first-order chi connectivity index (χ1) is 29.8. The number of carboxylic acid groups (broad SMARTS) is 2. The second kappa shape index (κ2) is 19.7. The van der Waals surface area contributed by atoms with Gasteiger partial charge in [0.05, 0.1) is 11.7 Å². The Morgan fingerprint density at radius 3 is 1.72 bits per heavy atom. The Balaban J connectivity index is 1.29. The number of aryl methyl sites for hydroxylation is 1. The van der Waals surface area contributed by atoms with Gasteiger partial charge in [0, 0.05) is 37.9 Å². The van der Waals surface area contributed by atoms with Crippen molar-refractivity contribution in [2.75, 3.05) is 4.90 Å². The lowest BCUT2D eigenvalue weighted by molar-refractivity contribution is -0.133. The number of nitrogens with zero attached hydrogens (tertiary/aromatic N) is 5. The van der Waals surface area contributed by atoms with Crippen molar-refractivity contribution in [3.63, 3.8) is 0 Å². The molecular formula is C50H41N5O4S2. The zero-order valence-electron chi connectivity index (χ0n) is 33.4. The molecule has 0 saturated heterocycles. The van der Waals surface area contributed by atoms with Crippen LogP contribution in [0.3, 0.4) is 0 Å². The van der Waals surface area contributed by atoms with Crippen molar-refractivity contribution >= 4 is 75.3 Å². The molecule has 0 fully saturated rings. The van der Waals surface area contributed by atoms with Gasteiger partial charge < -0.3 is 15.1 Å². The van der Waals surface area contributed by atoms with E-state index < -0.39 is 23.1 Å². The minimum Gasteiger partial charge on any atom is -0.477 e. The van der Waals surface area contributed by atoms with Gasteiger partial charge in [-0.3, -0.25) is 0 Å². The standard InChI is InChI=1S/C50H41N5O4S2/c1-2-3-4-5-6-9-14-36-30-45(60-48(36)35-19-21-42(22-20-35)55(40-15-10-7-11-16-40)41-17-12-8-13-18-41)44-24-23-43(46-47(44)54-61-53-46)37-26-33(28-38(31-51)49(56)57)25-34(27-37)29-39(32-52)50(58)59/h7-8,10-13,15-30H,2-6,9,14H2,1H3,(H,56,57)(H,58,59). The van der Waals surface area contributed by atoms with Gasteiger partial charge in [0.15, 0.2) is 0 Å². The number of unbranched alkanes of at least 4 members (excludes halogenated alkanes) is 5. The number of para-hydroxylation sites is 2. The number of anilines is 3. The normalized spacial score (nSPS) is 11.6. The van der Waals surface area contributed by atoms with Crippen LogP contribution in [-0.2, 0) is 16.0 Å². The molecule has 5 aromatic carbocycles. The molecule has 2 N–H and O–H groups in total. The minimum atomic E-state index is -1.40. The summed E-state index contributed by atoms with van der Waals surface area (Å²) in [7, 11) is 0. The second-order valence-electron chi connectivity index (χ2n) is 14.5. The smallest absolute Gasteiger partial charge is 0.346 e. The lowest BCUT2D eigenvalue weighted by Gasteiger charge is -2.25. The summed E-state index contributed by atoms with van der Waals surface area (Å²) in [6.45, 7) is 2.23. The van der Waals surface area contributed by atoms with Gasteiger partial charge >= 0.3 is 11.9 Å². The van der Waals surface area contributed by atoms with Crippen LogP contribution in [0, 0.1) is 22.7 Å². The summed E-state index contributed by atoms with van der Waals surface area (Å²) in [4.78, 5) is 28.0. The topological polar surface area (TPSA) is 151 Å². The van der Waals surface area contributed by atoms with Crippen molar-refractivity contribution < 1.29 is 19.8 Å². The van der Waals surface area contributed by atoms with Crippen LogP contribution in [0.15, 0.2) is 132 Å². The SMILES string of the molecule is CCCCCCCCc1cc(-c2ccc(-c3cc(C=C(C#N)C(=O)O)cc(C=C(C#N)C(=O)O)c3)c3nsnc23)sc1-c1ccc(N(c2ccccc2)c2ccccc2)cc1. The van der Waals surface area contributed by atoms with Gasteiger partial charge in [-0.05, 0) is 113 Å². The minimum absolute atomic E-state index is 0.342. The number of aromatic nitrogens is 2. The summed E-state index contributed by atoms with van der Waals surface area (Å²) in [6, 6.07) is 44.0. The number of carbonyl (C=O) groups is 2. The van der Waals surface area contributed by atoms with Crippen molar-refractivity contribution in [2.24, 2.45) is 0 Å². The molecule has 61 heavy (non-hydrogen) atoms. The number of nitriles is 2. The van der Waals surface area contributed by atoms with Crippen molar-refractivity contribution in [3.05, 3.63) is 149 Å². The molecule has 0 aliphatic carbocycles. The third-order valence-corrected chi connectivity index (χ3v) is 12.1. The number of thiophene rings is 1. The van der Waals surface area contributed by atoms with E-state index in [4.69, 9.17) is 8.75 Å². The Hall–Kier alpha value is -7.18. The fraction of sp³-hybridized carbons (Fsp3) is 0.160. The lowest BCUT2D eigenvalue weighted by atomic mass is 9.95. The van der Waals surface area contributed by atoms with Crippen LogP contribution in [0.4, 0.5) is 17.1 Å². The van der Waals surface area contributed by atoms with Crippen LogP contribution >= 0.6 is 23.1 Å². The molecule has 0 radical (unpaired) electrons. The first-order valence-electron chi connectivity index (χ1n) is 20.0. The van der Waals surface area contributed by atoms with Gasteiger partial charge in [-0.2, -0.15) is 19.3 Å². The predicted octanol–water partition coefficient (Wildman–Crippen LogP) is 13.1. The average Bonchev–Trinajstić information content (AvgIpc) is 3.95. The maximum Gasteiger partial charge on any atom is 0.346 e. The largest absolute Gasteiger partial charge is 0.477 e. The molecule has 0 aliphatic rings. The van der Waals surface area contributed by atoms with Gasteiger partial charge in [0.25, 0.3) is 0 Å². The van der Waals surface area contributed by atoms with E-state index in [2.05, 4.69) is 66.4 Å². The molecule has 0 aliphatic heterocycles. The maximum absolute atomic E-state index is 11.7. The summed E-state index contributed by atoms with van der Waals surface area (Å²) in [5.41, 5.74) is 8.82.